The molecule has 1 heterocycles. The molecule has 90 valence electrons. The summed E-state index contributed by atoms with van der Waals surface area (Å²) in [7, 11) is 0. The number of hydrogen-bond acceptors (Lipinski definition) is 4. The molecule has 4 heteroatoms. The highest BCUT2D eigenvalue weighted by atomic mass is 32.2. The molecule has 0 bridgehead atoms. The summed E-state index contributed by atoms with van der Waals surface area (Å²) < 4.78 is 0. The lowest BCUT2D eigenvalue weighted by atomic mass is 9.94. The van der Waals surface area contributed by atoms with Gasteiger partial charge >= 0.3 is 0 Å². The van der Waals surface area contributed by atoms with E-state index in [1.807, 2.05) is 0 Å². The molecule has 15 heavy (non-hydrogen) atoms. The molecule has 0 amide bonds. The van der Waals surface area contributed by atoms with Gasteiger partial charge in [0.2, 0.25) is 0 Å². The van der Waals surface area contributed by atoms with Gasteiger partial charge in [-0.2, -0.15) is 23.5 Å². The zero-order valence-corrected chi connectivity index (χ0v) is 11.7. The van der Waals surface area contributed by atoms with Gasteiger partial charge in [-0.25, -0.2) is 0 Å². The van der Waals surface area contributed by atoms with Crippen LogP contribution in [0.2, 0.25) is 0 Å². The summed E-state index contributed by atoms with van der Waals surface area (Å²) in [6.07, 6.45) is 2.46. The zero-order chi connectivity index (χ0) is 11.3. The average Bonchev–Trinajstić information content (AvgIpc) is 2.30. The van der Waals surface area contributed by atoms with Gasteiger partial charge in [-0.3, -0.25) is 11.3 Å². The Bertz CT molecular complexity index is 178. The minimum absolute atomic E-state index is 0.470. The molecule has 0 aromatic rings. The van der Waals surface area contributed by atoms with Crippen molar-refractivity contribution in [3.63, 3.8) is 0 Å². The first-order valence-corrected chi connectivity index (χ1v) is 8.03. The standard InChI is InChI=1S/C11H24N2S2/c1-4-8(3)10(13-12)11-9(5-2)14-6-7-15-11/h8-11,13H,4-7,12H2,1-3H3. The van der Waals surface area contributed by atoms with Crippen molar-refractivity contribution < 1.29 is 0 Å². The summed E-state index contributed by atoms with van der Waals surface area (Å²) in [5.74, 6) is 8.97. The maximum atomic E-state index is 5.72. The zero-order valence-electron chi connectivity index (χ0n) is 10.0. The van der Waals surface area contributed by atoms with E-state index >= 15 is 0 Å². The molecular weight excluding hydrogens is 224 g/mol. The Hall–Kier alpha value is 0.620. The van der Waals surface area contributed by atoms with E-state index in [1.165, 1.54) is 24.3 Å². The minimum Gasteiger partial charge on any atom is -0.271 e. The molecule has 4 unspecified atom stereocenters. The molecule has 0 spiro atoms. The molecule has 1 fully saturated rings. The third kappa shape index (κ3) is 3.55. The van der Waals surface area contributed by atoms with Crippen molar-refractivity contribution in [1.29, 1.82) is 0 Å². The number of nitrogens with two attached hydrogens (primary N) is 1. The maximum absolute atomic E-state index is 5.72. The van der Waals surface area contributed by atoms with Crippen LogP contribution in [0.25, 0.3) is 0 Å². The van der Waals surface area contributed by atoms with Crippen LogP contribution in [-0.4, -0.2) is 28.0 Å². The summed E-state index contributed by atoms with van der Waals surface area (Å²) in [6, 6.07) is 0.470. The Labute approximate surface area is 102 Å². The van der Waals surface area contributed by atoms with Crippen LogP contribution in [0.15, 0.2) is 0 Å². The Morgan fingerprint density at radius 1 is 1.33 bits per heavy atom. The van der Waals surface area contributed by atoms with Crippen LogP contribution in [0.4, 0.5) is 0 Å². The second-order valence-electron chi connectivity index (χ2n) is 4.23. The highest BCUT2D eigenvalue weighted by Crippen LogP contribution is 2.37. The Balaban J connectivity index is 2.63. The summed E-state index contributed by atoms with van der Waals surface area (Å²) >= 11 is 4.24. The van der Waals surface area contributed by atoms with Crippen molar-refractivity contribution in [3.8, 4) is 0 Å². The van der Waals surface area contributed by atoms with E-state index in [-0.39, 0.29) is 0 Å². The van der Waals surface area contributed by atoms with Crippen LogP contribution in [0, 0.1) is 5.92 Å². The van der Waals surface area contributed by atoms with E-state index in [9.17, 15) is 0 Å². The van der Waals surface area contributed by atoms with E-state index in [1.54, 1.807) is 0 Å². The first-order chi connectivity index (χ1) is 7.24. The van der Waals surface area contributed by atoms with Gasteiger partial charge in [-0.15, -0.1) is 0 Å². The van der Waals surface area contributed by atoms with Crippen molar-refractivity contribution in [2.75, 3.05) is 11.5 Å². The van der Waals surface area contributed by atoms with Gasteiger partial charge in [0.05, 0.1) is 0 Å². The molecular formula is C11H24N2S2. The molecule has 0 aliphatic carbocycles. The van der Waals surface area contributed by atoms with Crippen LogP contribution in [-0.2, 0) is 0 Å². The first-order valence-electron chi connectivity index (χ1n) is 5.93. The topological polar surface area (TPSA) is 38.0 Å². The third-order valence-electron chi connectivity index (χ3n) is 3.30. The number of nitrogens with one attached hydrogen (secondary N) is 1. The molecule has 0 saturated carbocycles. The molecule has 3 N–H and O–H groups in total. The van der Waals surface area contributed by atoms with Gasteiger partial charge < -0.3 is 0 Å². The number of thioether (sulfide) groups is 2. The Morgan fingerprint density at radius 3 is 2.53 bits per heavy atom. The van der Waals surface area contributed by atoms with E-state index < -0.39 is 0 Å². The van der Waals surface area contributed by atoms with Crippen LogP contribution in [0.5, 0.6) is 0 Å². The molecule has 0 aromatic heterocycles. The summed E-state index contributed by atoms with van der Waals surface area (Å²) in [6.45, 7) is 6.84. The fourth-order valence-electron chi connectivity index (χ4n) is 2.11. The quantitative estimate of drug-likeness (QED) is 0.579. The van der Waals surface area contributed by atoms with Crippen LogP contribution >= 0.6 is 23.5 Å². The minimum atomic E-state index is 0.470. The van der Waals surface area contributed by atoms with Gasteiger partial charge in [-0.05, 0) is 12.3 Å². The van der Waals surface area contributed by atoms with Crippen molar-refractivity contribution in [3.05, 3.63) is 0 Å². The second-order valence-corrected chi connectivity index (χ2v) is 6.86. The smallest absolute Gasteiger partial charge is 0.0365 e. The van der Waals surface area contributed by atoms with Crippen molar-refractivity contribution in [2.45, 2.75) is 50.2 Å². The van der Waals surface area contributed by atoms with Crippen molar-refractivity contribution in [2.24, 2.45) is 11.8 Å². The lowest BCUT2D eigenvalue weighted by Crippen LogP contribution is -2.51. The molecule has 1 aliphatic heterocycles. The average molecular weight is 248 g/mol. The molecule has 1 rings (SSSR count). The normalized spacial score (nSPS) is 31.2. The monoisotopic (exact) mass is 248 g/mol. The lowest BCUT2D eigenvalue weighted by Gasteiger charge is -2.38. The molecule has 0 radical (unpaired) electrons. The highest BCUT2D eigenvalue weighted by Gasteiger charge is 2.33. The number of rotatable bonds is 5. The van der Waals surface area contributed by atoms with Gasteiger partial charge in [0, 0.05) is 28.0 Å². The van der Waals surface area contributed by atoms with E-state index in [0.29, 0.717) is 17.2 Å². The maximum Gasteiger partial charge on any atom is 0.0365 e. The van der Waals surface area contributed by atoms with Crippen LogP contribution in [0.3, 0.4) is 0 Å². The molecule has 0 aromatic carbocycles. The van der Waals surface area contributed by atoms with Crippen molar-refractivity contribution >= 4 is 23.5 Å². The summed E-state index contributed by atoms with van der Waals surface area (Å²) in [4.78, 5) is 0. The van der Waals surface area contributed by atoms with Crippen molar-refractivity contribution in [1.82, 2.24) is 5.43 Å². The number of hydrogen-bond donors (Lipinski definition) is 2. The van der Waals surface area contributed by atoms with Gasteiger partial charge in [0.25, 0.3) is 0 Å². The van der Waals surface area contributed by atoms with Gasteiger partial charge in [0.15, 0.2) is 0 Å². The van der Waals surface area contributed by atoms with Crippen LogP contribution < -0.4 is 11.3 Å². The Morgan fingerprint density at radius 2 is 2.00 bits per heavy atom. The summed E-state index contributed by atoms with van der Waals surface area (Å²) in [5.41, 5.74) is 3.05. The first kappa shape index (κ1) is 13.7. The SMILES string of the molecule is CCC(C)C(NN)C1SCCSC1CC. The van der Waals surface area contributed by atoms with Gasteiger partial charge in [0.1, 0.15) is 0 Å². The highest BCUT2D eigenvalue weighted by molar-refractivity contribution is 8.07. The Kier molecular flexibility index (Phi) is 6.43. The lowest BCUT2D eigenvalue weighted by molar-refractivity contribution is 0.356. The second kappa shape index (κ2) is 7.05. The van der Waals surface area contributed by atoms with E-state index in [2.05, 4.69) is 49.7 Å². The predicted octanol–water partition coefficient (Wildman–Crippen LogP) is 2.49. The molecule has 1 saturated heterocycles. The van der Waals surface area contributed by atoms with Crippen LogP contribution in [0.1, 0.15) is 33.6 Å². The van der Waals surface area contributed by atoms with E-state index in [0.717, 1.165) is 5.25 Å². The van der Waals surface area contributed by atoms with Gasteiger partial charge in [-0.1, -0.05) is 27.2 Å². The third-order valence-corrected chi connectivity index (χ3v) is 6.67. The largest absolute Gasteiger partial charge is 0.271 e. The molecule has 2 nitrogen and oxygen atoms in total. The van der Waals surface area contributed by atoms with E-state index in [4.69, 9.17) is 5.84 Å². The molecule has 1 aliphatic rings. The predicted molar refractivity (Wildman–Crippen MR) is 73.3 cm³/mol. The molecule has 4 atom stereocenters. The number of hydrazine groups is 1. The fourth-order valence-corrected chi connectivity index (χ4v) is 5.48. The summed E-state index contributed by atoms with van der Waals surface area (Å²) in [5, 5.41) is 1.47. The fraction of sp³-hybridized carbons (Fsp3) is 1.00.